The van der Waals surface area contributed by atoms with Crippen LogP contribution in [0.4, 0.5) is 0 Å². The molecule has 0 saturated carbocycles. The third-order valence-electron chi connectivity index (χ3n) is 3.66. The highest BCUT2D eigenvalue weighted by molar-refractivity contribution is 7.89. The molecule has 0 aliphatic heterocycles. The molecule has 2 aromatic heterocycles. The van der Waals surface area contributed by atoms with Crippen LogP contribution in [-0.2, 0) is 16.6 Å². The molecule has 0 saturated heterocycles. The molecule has 0 atom stereocenters. The third-order valence-corrected chi connectivity index (χ3v) is 5.43. The summed E-state index contributed by atoms with van der Waals surface area (Å²) in [5.41, 5.74) is 0.469. The molecule has 2 heterocycles. The monoisotopic (exact) mass is 387 g/mol. The average molecular weight is 387 g/mol. The Morgan fingerprint density at radius 3 is 2.44 bits per heavy atom. The van der Waals surface area contributed by atoms with Gasteiger partial charge in [-0.1, -0.05) is 6.07 Å². The highest BCUT2D eigenvalue weighted by Gasteiger charge is 2.22. The van der Waals surface area contributed by atoms with Gasteiger partial charge in [-0.25, -0.2) is 13.1 Å². The van der Waals surface area contributed by atoms with E-state index in [1.807, 2.05) is 24.4 Å². The van der Waals surface area contributed by atoms with Crippen LogP contribution in [0.1, 0.15) is 37.0 Å². The maximum Gasteiger partial charge on any atom is 0.251 e. The van der Waals surface area contributed by atoms with E-state index < -0.39 is 15.6 Å². The van der Waals surface area contributed by atoms with Gasteiger partial charge < -0.3 is 5.32 Å². The summed E-state index contributed by atoms with van der Waals surface area (Å²) in [6, 6.07) is 11.3. The molecule has 0 aliphatic carbocycles. The van der Waals surface area contributed by atoms with E-state index in [-0.39, 0.29) is 17.3 Å². The van der Waals surface area contributed by atoms with Gasteiger partial charge in [0, 0.05) is 17.3 Å². The van der Waals surface area contributed by atoms with Crippen molar-refractivity contribution in [2.24, 2.45) is 0 Å². The van der Waals surface area contributed by atoms with Gasteiger partial charge in [-0.3, -0.25) is 9.20 Å². The molecule has 3 aromatic rings. The van der Waals surface area contributed by atoms with Crippen molar-refractivity contribution >= 4 is 21.6 Å². The number of rotatable bonds is 5. The predicted molar refractivity (Wildman–Crippen MR) is 101 cm³/mol. The van der Waals surface area contributed by atoms with E-state index in [0.29, 0.717) is 17.0 Å². The first-order valence-electron chi connectivity index (χ1n) is 8.37. The largest absolute Gasteiger partial charge is 0.345 e. The standard InChI is InChI=1S/C18H21N5O3S/c1-18(2,3)22-27(25,26)14-9-7-13(8-10-14)17(24)19-12-16-21-20-15-6-4-5-11-23(15)16/h4-11,22H,12H2,1-3H3,(H,19,24). The van der Waals surface area contributed by atoms with Crippen LogP contribution < -0.4 is 10.0 Å². The summed E-state index contributed by atoms with van der Waals surface area (Å²) in [7, 11) is -3.64. The van der Waals surface area contributed by atoms with Crippen molar-refractivity contribution in [3.63, 3.8) is 0 Å². The van der Waals surface area contributed by atoms with Crippen LogP contribution in [0.3, 0.4) is 0 Å². The lowest BCUT2D eigenvalue weighted by molar-refractivity contribution is 0.0949. The fraction of sp³-hybridized carbons (Fsp3) is 0.278. The van der Waals surface area contributed by atoms with Gasteiger partial charge in [0.25, 0.3) is 5.91 Å². The Bertz CT molecular complexity index is 1070. The normalized spacial score (nSPS) is 12.3. The molecule has 1 aromatic carbocycles. The Labute approximate surface area is 157 Å². The van der Waals surface area contributed by atoms with Crippen LogP contribution in [-0.4, -0.2) is 34.5 Å². The number of carbonyl (C=O) groups excluding carboxylic acids is 1. The molecule has 0 aliphatic rings. The summed E-state index contributed by atoms with van der Waals surface area (Å²) >= 11 is 0. The van der Waals surface area contributed by atoms with Gasteiger partial charge in [0.1, 0.15) is 0 Å². The molecule has 3 rings (SSSR count). The number of nitrogens with one attached hydrogen (secondary N) is 2. The highest BCUT2D eigenvalue weighted by Crippen LogP contribution is 2.14. The zero-order chi connectivity index (χ0) is 19.7. The van der Waals surface area contributed by atoms with Crippen LogP contribution in [0, 0.1) is 0 Å². The maximum absolute atomic E-state index is 12.3. The van der Waals surface area contributed by atoms with Crippen molar-refractivity contribution in [3.05, 3.63) is 60.0 Å². The van der Waals surface area contributed by atoms with Gasteiger partial charge in [0.05, 0.1) is 11.4 Å². The fourth-order valence-corrected chi connectivity index (χ4v) is 3.94. The second kappa shape index (κ2) is 7.09. The average Bonchev–Trinajstić information content (AvgIpc) is 3.01. The molecule has 27 heavy (non-hydrogen) atoms. The molecule has 0 unspecified atom stereocenters. The van der Waals surface area contributed by atoms with Gasteiger partial charge >= 0.3 is 0 Å². The molecular formula is C18H21N5O3S. The molecule has 2 N–H and O–H groups in total. The molecule has 8 nitrogen and oxygen atoms in total. The lowest BCUT2D eigenvalue weighted by atomic mass is 10.1. The fourth-order valence-electron chi connectivity index (χ4n) is 2.52. The second-order valence-corrected chi connectivity index (χ2v) is 8.79. The van der Waals surface area contributed by atoms with E-state index in [4.69, 9.17) is 0 Å². The van der Waals surface area contributed by atoms with Gasteiger partial charge in [-0.15, -0.1) is 10.2 Å². The minimum absolute atomic E-state index is 0.109. The van der Waals surface area contributed by atoms with Crippen molar-refractivity contribution in [3.8, 4) is 0 Å². The zero-order valence-corrected chi connectivity index (χ0v) is 16.1. The van der Waals surface area contributed by atoms with Crippen LogP contribution in [0.15, 0.2) is 53.6 Å². The van der Waals surface area contributed by atoms with Gasteiger partial charge in [0.2, 0.25) is 10.0 Å². The number of pyridine rings is 1. The minimum Gasteiger partial charge on any atom is -0.345 e. The van der Waals surface area contributed by atoms with Gasteiger partial charge in [0.15, 0.2) is 11.5 Å². The predicted octanol–water partition coefficient (Wildman–Crippen LogP) is 1.74. The maximum atomic E-state index is 12.3. The van der Waals surface area contributed by atoms with E-state index in [2.05, 4.69) is 20.2 Å². The molecule has 142 valence electrons. The van der Waals surface area contributed by atoms with E-state index in [9.17, 15) is 13.2 Å². The molecule has 9 heteroatoms. The van der Waals surface area contributed by atoms with Crippen molar-refractivity contribution in [1.29, 1.82) is 0 Å². The molecule has 0 radical (unpaired) electrons. The lowest BCUT2D eigenvalue weighted by Crippen LogP contribution is -2.40. The number of aromatic nitrogens is 3. The summed E-state index contributed by atoms with van der Waals surface area (Å²) in [4.78, 5) is 12.4. The smallest absolute Gasteiger partial charge is 0.251 e. The Hall–Kier alpha value is -2.78. The summed E-state index contributed by atoms with van der Waals surface area (Å²) in [6.45, 7) is 5.50. The molecule has 0 spiro atoms. The second-order valence-electron chi connectivity index (χ2n) is 7.11. The zero-order valence-electron chi connectivity index (χ0n) is 15.3. The summed E-state index contributed by atoms with van der Waals surface area (Å²) in [6.07, 6.45) is 1.82. The first-order valence-corrected chi connectivity index (χ1v) is 9.85. The van der Waals surface area contributed by atoms with Crippen LogP contribution in [0.2, 0.25) is 0 Å². The Kier molecular flexibility index (Phi) is 4.99. The van der Waals surface area contributed by atoms with Crippen LogP contribution in [0.25, 0.3) is 5.65 Å². The lowest BCUT2D eigenvalue weighted by Gasteiger charge is -2.20. The quantitative estimate of drug-likeness (QED) is 0.694. The van der Waals surface area contributed by atoms with Gasteiger partial charge in [-0.05, 0) is 57.2 Å². The molecule has 0 bridgehead atoms. The molecular weight excluding hydrogens is 366 g/mol. The number of hydrogen-bond donors (Lipinski definition) is 2. The van der Waals surface area contributed by atoms with E-state index in [1.165, 1.54) is 24.3 Å². The first kappa shape index (κ1) is 19.0. The van der Waals surface area contributed by atoms with Crippen molar-refractivity contribution in [2.45, 2.75) is 37.8 Å². The SMILES string of the molecule is CC(C)(C)NS(=O)(=O)c1ccc(C(=O)NCc2nnc3ccccn23)cc1. The topological polar surface area (TPSA) is 105 Å². The Balaban J connectivity index is 1.69. The van der Waals surface area contributed by atoms with Crippen molar-refractivity contribution in [2.75, 3.05) is 0 Å². The number of fused-ring (bicyclic) bond motifs is 1. The molecule has 1 amide bonds. The number of hydrogen-bond acceptors (Lipinski definition) is 5. The number of amides is 1. The number of benzene rings is 1. The van der Waals surface area contributed by atoms with Crippen LogP contribution >= 0.6 is 0 Å². The first-order chi connectivity index (χ1) is 12.7. The minimum atomic E-state index is -3.64. The Morgan fingerprint density at radius 2 is 1.78 bits per heavy atom. The number of carbonyl (C=O) groups is 1. The third kappa shape index (κ3) is 4.50. The number of nitrogens with zero attached hydrogens (tertiary/aromatic N) is 3. The summed E-state index contributed by atoms with van der Waals surface area (Å²) < 4.78 is 29.0. The molecule has 0 fully saturated rings. The number of sulfonamides is 1. The Morgan fingerprint density at radius 1 is 1.07 bits per heavy atom. The van der Waals surface area contributed by atoms with E-state index in [1.54, 1.807) is 25.2 Å². The van der Waals surface area contributed by atoms with Gasteiger partial charge in [-0.2, -0.15) is 0 Å². The van der Waals surface area contributed by atoms with E-state index in [0.717, 1.165) is 0 Å². The van der Waals surface area contributed by atoms with Crippen molar-refractivity contribution < 1.29 is 13.2 Å². The van der Waals surface area contributed by atoms with Crippen LogP contribution in [0.5, 0.6) is 0 Å². The van der Waals surface area contributed by atoms with Crippen molar-refractivity contribution in [1.82, 2.24) is 24.6 Å². The van der Waals surface area contributed by atoms with E-state index >= 15 is 0 Å². The summed E-state index contributed by atoms with van der Waals surface area (Å²) in [5.74, 6) is 0.280. The summed E-state index contributed by atoms with van der Waals surface area (Å²) in [5, 5.41) is 10.8. The highest BCUT2D eigenvalue weighted by atomic mass is 32.2.